The van der Waals surface area contributed by atoms with Gasteiger partial charge in [0.1, 0.15) is 5.82 Å². The molecule has 0 unspecified atom stereocenters. The van der Waals surface area contributed by atoms with E-state index >= 15 is 0 Å². The van der Waals surface area contributed by atoms with E-state index in [0.29, 0.717) is 48.2 Å². The van der Waals surface area contributed by atoms with Crippen LogP contribution in [0.1, 0.15) is 21.5 Å². The van der Waals surface area contributed by atoms with Gasteiger partial charge in [-0.25, -0.2) is 14.4 Å². The molecule has 0 atom stereocenters. The zero-order valence-corrected chi connectivity index (χ0v) is 22.4. The van der Waals surface area contributed by atoms with Crippen LogP contribution in [0.15, 0.2) is 101 Å². The number of hydrogen-bond donors (Lipinski definition) is 0. The fourth-order valence-corrected chi connectivity index (χ4v) is 5.89. The molecule has 4 aromatic rings. The van der Waals surface area contributed by atoms with Crippen molar-refractivity contribution in [1.29, 1.82) is 0 Å². The first-order valence-corrected chi connectivity index (χ1v) is 13.8. The van der Waals surface area contributed by atoms with Crippen molar-refractivity contribution in [3.63, 3.8) is 0 Å². The van der Waals surface area contributed by atoms with Crippen LogP contribution in [0.25, 0.3) is 6.08 Å². The maximum Gasteiger partial charge on any atom is 0.265 e. The Morgan fingerprint density at radius 2 is 1.57 bits per heavy atom. The molecule has 0 spiro atoms. The number of halogens is 1. The number of nitrogens with zero attached hydrogens (tertiary/aromatic N) is 5. The lowest BCUT2D eigenvalue weighted by atomic mass is 10.1. The Morgan fingerprint density at radius 1 is 0.875 bits per heavy atom. The van der Waals surface area contributed by atoms with E-state index in [2.05, 4.69) is 14.9 Å². The fraction of sp³-hybridized carbons (Fsp3) is 0.161. The highest BCUT2D eigenvalue weighted by Gasteiger charge is 2.30. The van der Waals surface area contributed by atoms with Gasteiger partial charge in [0.05, 0.1) is 17.1 Å². The third kappa shape index (κ3) is 5.33. The van der Waals surface area contributed by atoms with Crippen LogP contribution in [-0.2, 0) is 11.3 Å². The highest BCUT2D eigenvalue weighted by Crippen LogP contribution is 2.42. The van der Waals surface area contributed by atoms with Gasteiger partial charge < -0.3 is 14.7 Å². The summed E-state index contributed by atoms with van der Waals surface area (Å²) in [5.74, 6) is 0.122. The second-order valence-corrected chi connectivity index (χ2v) is 10.6. The smallest absolute Gasteiger partial charge is 0.265 e. The molecule has 0 aliphatic carbocycles. The van der Waals surface area contributed by atoms with E-state index in [-0.39, 0.29) is 24.2 Å². The van der Waals surface area contributed by atoms with E-state index in [1.165, 1.54) is 17.8 Å². The molecule has 0 saturated carbocycles. The van der Waals surface area contributed by atoms with Crippen LogP contribution in [0.4, 0.5) is 16.0 Å². The predicted molar refractivity (Wildman–Crippen MR) is 154 cm³/mol. The lowest BCUT2D eigenvalue weighted by Crippen LogP contribution is -2.49. The number of fused-ring (bicyclic) bond motifs is 1. The molecule has 0 N–H and O–H groups in total. The Bertz CT molecular complexity index is 1570. The van der Waals surface area contributed by atoms with E-state index < -0.39 is 0 Å². The molecule has 2 aliphatic rings. The topological polar surface area (TPSA) is 69.6 Å². The number of benzene rings is 3. The monoisotopic (exact) mass is 551 g/mol. The molecular formula is C31H26FN5O2S. The van der Waals surface area contributed by atoms with Crippen LogP contribution in [0, 0.1) is 5.82 Å². The SMILES string of the molecule is O=C(c1ccc(/C=C2/Sc3ccccc3N(Cc3ccccc3F)C2=O)cc1)N1CCN(c2ncccn2)CC1. The van der Waals surface area contributed by atoms with Gasteiger partial charge in [-0.15, -0.1) is 0 Å². The van der Waals surface area contributed by atoms with E-state index in [9.17, 15) is 14.0 Å². The Hall–Kier alpha value is -4.50. The highest BCUT2D eigenvalue weighted by atomic mass is 32.2. The predicted octanol–water partition coefficient (Wildman–Crippen LogP) is 5.26. The number of thioether (sulfide) groups is 1. The van der Waals surface area contributed by atoms with Crippen molar-refractivity contribution in [2.24, 2.45) is 0 Å². The van der Waals surface area contributed by atoms with Gasteiger partial charge in [-0.2, -0.15) is 0 Å². The van der Waals surface area contributed by atoms with Crippen LogP contribution in [-0.4, -0.2) is 52.9 Å². The number of anilines is 2. The van der Waals surface area contributed by atoms with Crippen LogP contribution >= 0.6 is 11.8 Å². The average molecular weight is 552 g/mol. The molecule has 200 valence electrons. The summed E-state index contributed by atoms with van der Waals surface area (Å²) < 4.78 is 14.4. The summed E-state index contributed by atoms with van der Waals surface area (Å²) in [6, 6.07) is 23.2. The van der Waals surface area contributed by atoms with Gasteiger partial charge in [0.25, 0.3) is 11.8 Å². The van der Waals surface area contributed by atoms with Gasteiger partial charge in [-0.05, 0) is 48.0 Å². The molecule has 7 nitrogen and oxygen atoms in total. The van der Waals surface area contributed by atoms with Gasteiger partial charge in [-0.3, -0.25) is 9.59 Å². The molecule has 0 radical (unpaired) electrons. The number of carbonyl (C=O) groups excluding carboxylic acids is 2. The van der Waals surface area contributed by atoms with Crippen molar-refractivity contribution in [3.8, 4) is 0 Å². The second kappa shape index (κ2) is 11.3. The van der Waals surface area contributed by atoms with Gasteiger partial charge in [-0.1, -0.05) is 54.2 Å². The summed E-state index contributed by atoms with van der Waals surface area (Å²) in [5, 5.41) is 0. The van der Waals surface area contributed by atoms with Gasteiger partial charge in [0, 0.05) is 54.6 Å². The number of hydrogen-bond acceptors (Lipinski definition) is 6. The van der Waals surface area contributed by atoms with Crippen molar-refractivity contribution in [2.45, 2.75) is 11.4 Å². The quantitative estimate of drug-likeness (QED) is 0.315. The Labute approximate surface area is 236 Å². The molecule has 2 aliphatic heterocycles. The van der Waals surface area contributed by atoms with Crippen molar-refractivity contribution >= 4 is 41.3 Å². The van der Waals surface area contributed by atoms with Crippen molar-refractivity contribution in [3.05, 3.63) is 119 Å². The zero-order chi connectivity index (χ0) is 27.5. The first-order chi connectivity index (χ1) is 19.6. The maximum atomic E-state index is 14.4. The minimum Gasteiger partial charge on any atom is -0.337 e. The molecule has 3 heterocycles. The molecule has 1 fully saturated rings. The standard InChI is InChI=1S/C31H26FN5O2S/c32-25-7-2-1-6-24(25)21-37-26-8-3-4-9-27(26)40-28(30(37)39)20-22-10-12-23(13-11-22)29(38)35-16-18-36(19-17-35)31-33-14-5-15-34-31/h1-15,20H,16-19,21H2/b28-20+. The molecule has 3 aromatic carbocycles. The summed E-state index contributed by atoms with van der Waals surface area (Å²) in [5.41, 5.74) is 2.62. The molecule has 40 heavy (non-hydrogen) atoms. The minimum atomic E-state index is -0.341. The average Bonchev–Trinajstić information content (AvgIpc) is 3.01. The third-order valence-electron chi connectivity index (χ3n) is 6.98. The van der Waals surface area contributed by atoms with Gasteiger partial charge in [0.2, 0.25) is 5.95 Å². The number of carbonyl (C=O) groups is 2. The Balaban J connectivity index is 1.17. The first kappa shape index (κ1) is 25.8. The molecule has 0 bridgehead atoms. The van der Waals surface area contributed by atoms with E-state index in [1.807, 2.05) is 47.4 Å². The summed E-state index contributed by atoms with van der Waals surface area (Å²) in [6.45, 7) is 2.66. The summed E-state index contributed by atoms with van der Waals surface area (Å²) in [4.78, 5) is 42.3. The summed E-state index contributed by atoms with van der Waals surface area (Å²) >= 11 is 1.40. The first-order valence-electron chi connectivity index (χ1n) is 13.0. The second-order valence-electron chi connectivity index (χ2n) is 9.51. The normalized spacial score (nSPS) is 16.3. The zero-order valence-electron chi connectivity index (χ0n) is 21.6. The number of para-hydroxylation sites is 1. The molecule has 1 aromatic heterocycles. The molecular weight excluding hydrogens is 525 g/mol. The third-order valence-corrected chi connectivity index (χ3v) is 8.05. The summed E-state index contributed by atoms with van der Waals surface area (Å²) in [7, 11) is 0. The van der Waals surface area contributed by atoms with Crippen LogP contribution in [0.2, 0.25) is 0 Å². The van der Waals surface area contributed by atoms with Gasteiger partial charge in [0.15, 0.2) is 0 Å². The van der Waals surface area contributed by atoms with Gasteiger partial charge >= 0.3 is 0 Å². The summed E-state index contributed by atoms with van der Waals surface area (Å²) in [6.07, 6.45) is 5.26. The van der Waals surface area contributed by atoms with E-state index in [1.54, 1.807) is 53.7 Å². The number of amides is 2. The minimum absolute atomic E-state index is 0.0269. The maximum absolute atomic E-state index is 14.4. The lowest BCUT2D eigenvalue weighted by Gasteiger charge is -2.34. The fourth-order valence-electron chi connectivity index (χ4n) is 4.84. The van der Waals surface area contributed by atoms with Crippen molar-refractivity contribution in [2.75, 3.05) is 36.0 Å². The number of rotatable bonds is 5. The molecule has 9 heteroatoms. The van der Waals surface area contributed by atoms with Crippen LogP contribution in [0.3, 0.4) is 0 Å². The van der Waals surface area contributed by atoms with Crippen molar-refractivity contribution in [1.82, 2.24) is 14.9 Å². The molecule has 1 saturated heterocycles. The molecule has 2 amide bonds. The van der Waals surface area contributed by atoms with Crippen molar-refractivity contribution < 1.29 is 14.0 Å². The highest BCUT2D eigenvalue weighted by molar-refractivity contribution is 8.04. The Kier molecular flexibility index (Phi) is 7.29. The Morgan fingerprint density at radius 3 is 2.33 bits per heavy atom. The number of piperazine rings is 1. The molecule has 6 rings (SSSR count). The van der Waals surface area contributed by atoms with Crippen LogP contribution < -0.4 is 9.80 Å². The van der Waals surface area contributed by atoms with E-state index in [0.717, 1.165) is 16.1 Å². The van der Waals surface area contributed by atoms with E-state index in [4.69, 9.17) is 0 Å². The largest absolute Gasteiger partial charge is 0.337 e. The lowest BCUT2D eigenvalue weighted by molar-refractivity contribution is -0.114. The van der Waals surface area contributed by atoms with Crippen LogP contribution in [0.5, 0.6) is 0 Å². The number of aromatic nitrogens is 2.